The Morgan fingerprint density at radius 3 is 2.50 bits per heavy atom. The molecule has 0 atom stereocenters. The SMILES string of the molecule is CN=C(NCCc1cccc(F)c1)NCc1cccc(OC(F)F)c1.I. The van der Waals surface area contributed by atoms with Gasteiger partial charge in [0.15, 0.2) is 5.96 Å². The molecule has 26 heavy (non-hydrogen) atoms. The first-order valence-corrected chi connectivity index (χ1v) is 7.79. The van der Waals surface area contributed by atoms with Crippen LogP contribution in [0.5, 0.6) is 5.75 Å². The van der Waals surface area contributed by atoms with Crippen LogP contribution in [0.1, 0.15) is 11.1 Å². The summed E-state index contributed by atoms with van der Waals surface area (Å²) in [6.45, 7) is -1.86. The van der Waals surface area contributed by atoms with Gasteiger partial charge in [-0.1, -0.05) is 24.3 Å². The van der Waals surface area contributed by atoms with Gasteiger partial charge in [-0.2, -0.15) is 8.78 Å². The number of benzene rings is 2. The van der Waals surface area contributed by atoms with Crippen molar-refractivity contribution in [1.82, 2.24) is 10.6 Å². The lowest BCUT2D eigenvalue weighted by Crippen LogP contribution is -2.37. The lowest BCUT2D eigenvalue weighted by atomic mass is 10.1. The first kappa shape index (κ1) is 22.1. The number of hydrogen-bond donors (Lipinski definition) is 2. The van der Waals surface area contributed by atoms with Gasteiger partial charge in [-0.3, -0.25) is 4.99 Å². The minimum absolute atomic E-state index is 0. The monoisotopic (exact) mass is 479 g/mol. The Bertz CT molecular complexity index is 714. The highest BCUT2D eigenvalue weighted by Crippen LogP contribution is 2.15. The van der Waals surface area contributed by atoms with Gasteiger partial charge in [0.1, 0.15) is 11.6 Å². The second-order valence-electron chi connectivity index (χ2n) is 5.26. The normalized spacial score (nSPS) is 11.0. The maximum Gasteiger partial charge on any atom is 0.387 e. The maximum absolute atomic E-state index is 13.1. The Kier molecular flexibility index (Phi) is 9.85. The fraction of sp³-hybridized carbons (Fsp3) is 0.278. The molecule has 142 valence electrons. The van der Waals surface area contributed by atoms with Crippen LogP contribution in [0.4, 0.5) is 13.2 Å². The van der Waals surface area contributed by atoms with Crippen molar-refractivity contribution in [3.63, 3.8) is 0 Å². The second kappa shape index (κ2) is 11.6. The highest BCUT2D eigenvalue weighted by Gasteiger charge is 2.05. The molecule has 0 aliphatic heterocycles. The van der Waals surface area contributed by atoms with Gasteiger partial charge in [0, 0.05) is 20.1 Å². The molecule has 2 aromatic carbocycles. The lowest BCUT2D eigenvalue weighted by Gasteiger charge is -2.13. The first-order chi connectivity index (χ1) is 12.1. The van der Waals surface area contributed by atoms with Crippen LogP contribution in [0.2, 0.25) is 0 Å². The number of hydrogen-bond acceptors (Lipinski definition) is 2. The summed E-state index contributed by atoms with van der Waals surface area (Å²) in [6.07, 6.45) is 0.649. The summed E-state index contributed by atoms with van der Waals surface area (Å²) in [7, 11) is 1.63. The first-order valence-electron chi connectivity index (χ1n) is 7.79. The molecular weight excluding hydrogens is 458 g/mol. The Balaban J connectivity index is 0.00000338. The number of nitrogens with one attached hydrogen (secondary N) is 2. The average molecular weight is 479 g/mol. The van der Waals surface area contributed by atoms with Gasteiger partial charge in [0.05, 0.1) is 0 Å². The molecule has 0 heterocycles. The fourth-order valence-corrected chi connectivity index (χ4v) is 2.26. The van der Waals surface area contributed by atoms with Gasteiger partial charge in [-0.15, -0.1) is 24.0 Å². The van der Waals surface area contributed by atoms with E-state index in [1.165, 1.54) is 18.2 Å². The summed E-state index contributed by atoms with van der Waals surface area (Å²) in [5.74, 6) is 0.422. The summed E-state index contributed by atoms with van der Waals surface area (Å²) in [4.78, 5) is 4.09. The van der Waals surface area contributed by atoms with Crippen LogP contribution >= 0.6 is 24.0 Å². The number of alkyl halides is 2. The molecule has 0 fully saturated rings. The zero-order chi connectivity index (χ0) is 18.1. The van der Waals surface area contributed by atoms with E-state index in [-0.39, 0.29) is 35.5 Å². The Labute approximate surface area is 167 Å². The van der Waals surface area contributed by atoms with Crippen molar-refractivity contribution in [2.75, 3.05) is 13.6 Å². The Morgan fingerprint density at radius 1 is 1.08 bits per heavy atom. The largest absolute Gasteiger partial charge is 0.435 e. The van der Waals surface area contributed by atoms with Gasteiger partial charge in [-0.25, -0.2) is 4.39 Å². The summed E-state index contributed by atoms with van der Waals surface area (Å²) >= 11 is 0. The molecule has 2 N–H and O–H groups in total. The predicted molar refractivity (Wildman–Crippen MR) is 107 cm³/mol. The van der Waals surface area contributed by atoms with E-state index in [9.17, 15) is 13.2 Å². The van der Waals surface area contributed by atoms with Crippen LogP contribution in [-0.2, 0) is 13.0 Å². The number of nitrogens with zero attached hydrogens (tertiary/aromatic N) is 1. The van der Waals surface area contributed by atoms with Gasteiger partial charge >= 0.3 is 6.61 Å². The zero-order valence-electron chi connectivity index (χ0n) is 14.2. The van der Waals surface area contributed by atoms with E-state index >= 15 is 0 Å². The summed E-state index contributed by atoms with van der Waals surface area (Å²) in [5, 5.41) is 6.21. The van der Waals surface area contributed by atoms with Crippen molar-refractivity contribution < 1.29 is 17.9 Å². The molecular formula is C18H21F3IN3O. The molecule has 0 bridgehead atoms. The van der Waals surface area contributed by atoms with Crippen molar-refractivity contribution in [3.8, 4) is 5.75 Å². The topological polar surface area (TPSA) is 45.7 Å². The van der Waals surface area contributed by atoms with Crippen molar-refractivity contribution in [2.24, 2.45) is 4.99 Å². The average Bonchev–Trinajstić information content (AvgIpc) is 2.58. The highest BCUT2D eigenvalue weighted by atomic mass is 127. The van der Waals surface area contributed by atoms with Crippen LogP contribution in [0, 0.1) is 5.82 Å². The standard InChI is InChI=1S/C18H20F3N3O.HI/c1-22-18(23-9-8-13-4-2-6-15(19)10-13)24-12-14-5-3-7-16(11-14)25-17(20)21;/h2-7,10-11,17H,8-9,12H2,1H3,(H2,22,23,24);1H. The molecule has 0 amide bonds. The quantitative estimate of drug-likeness (QED) is 0.359. The van der Waals surface area contributed by atoms with Crippen molar-refractivity contribution in [1.29, 1.82) is 0 Å². The van der Waals surface area contributed by atoms with Crippen LogP contribution in [-0.4, -0.2) is 26.2 Å². The minimum Gasteiger partial charge on any atom is -0.435 e. The van der Waals surface area contributed by atoms with Crippen molar-refractivity contribution >= 4 is 29.9 Å². The van der Waals surface area contributed by atoms with Crippen molar-refractivity contribution in [3.05, 3.63) is 65.5 Å². The molecule has 2 aromatic rings. The van der Waals surface area contributed by atoms with Gasteiger partial charge < -0.3 is 15.4 Å². The van der Waals surface area contributed by atoms with Crippen LogP contribution in [0.3, 0.4) is 0 Å². The number of ether oxygens (including phenoxy) is 1. The number of guanidine groups is 1. The third-order valence-electron chi connectivity index (χ3n) is 3.40. The molecule has 2 rings (SSSR count). The van der Waals surface area contributed by atoms with Crippen LogP contribution < -0.4 is 15.4 Å². The van der Waals surface area contributed by atoms with Crippen molar-refractivity contribution in [2.45, 2.75) is 19.6 Å². The van der Waals surface area contributed by atoms with E-state index in [1.54, 1.807) is 31.3 Å². The van der Waals surface area contributed by atoms with Crippen LogP contribution in [0.15, 0.2) is 53.5 Å². The molecule has 0 unspecified atom stereocenters. The maximum atomic E-state index is 13.1. The smallest absolute Gasteiger partial charge is 0.387 e. The molecule has 0 spiro atoms. The lowest BCUT2D eigenvalue weighted by molar-refractivity contribution is -0.0498. The Morgan fingerprint density at radius 2 is 1.81 bits per heavy atom. The minimum atomic E-state index is -2.85. The summed E-state index contributed by atoms with van der Waals surface area (Å²) in [6, 6.07) is 12.9. The third-order valence-corrected chi connectivity index (χ3v) is 3.40. The number of rotatable bonds is 7. The molecule has 0 saturated heterocycles. The molecule has 0 radical (unpaired) electrons. The molecule has 8 heteroatoms. The number of aliphatic imine (C=N–C) groups is 1. The molecule has 4 nitrogen and oxygen atoms in total. The van der Waals surface area contributed by atoms with Gasteiger partial charge in [0.25, 0.3) is 0 Å². The summed E-state index contributed by atoms with van der Waals surface area (Å²) in [5.41, 5.74) is 1.67. The van der Waals surface area contributed by atoms with E-state index < -0.39 is 6.61 Å². The van der Waals surface area contributed by atoms with E-state index in [0.29, 0.717) is 25.5 Å². The third kappa shape index (κ3) is 7.94. The molecule has 0 aliphatic rings. The van der Waals surface area contributed by atoms with E-state index in [4.69, 9.17) is 0 Å². The highest BCUT2D eigenvalue weighted by molar-refractivity contribution is 14.0. The Hall–Kier alpha value is -1.97. The molecule has 0 aromatic heterocycles. The number of halogens is 4. The van der Waals surface area contributed by atoms with Crippen LogP contribution in [0.25, 0.3) is 0 Å². The van der Waals surface area contributed by atoms with Gasteiger partial charge in [-0.05, 0) is 41.8 Å². The predicted octanol–water partition coefficient (Wildman–Crippen LogP) is 3.95. The molecule has 0 aliphatic carbocycles. The van der Waals surface area contributed by atoms with E-state index in [1.807, 2.05) is 6.07 Å². The van der Waals surface area contributed by atoms with Gasteiger partial charge in [0.2, 0.25) is 0 Å². The van der Waals surface area contributed by atoms with E-state index in [2.05, 4.69) is 20.4 Å². The summed E-state index contributed by atoms with van der Waals surface area (Å²) < 4.78 is 42.0. The van der Waals surface area contributed by atoms with E-state index in [0.717, 1.165) is 11.1 Å². The second-order valence-corrected chi connectivity index (χ2v) is 5.26. The zero-order valence-corrected chi connectivity index (χ0v) is 16.5. The molecule has 0 saturated carbocycles. The fourth-order valence-electron chi connectivity index (χ4n) is 2.26.